The highest BCUT2D eigenvalue weighted by Crippen LogP contribution is 2.31. The van der Waals surface area contributed by atoms with Gasteiger partial charge in [0.15, 0.2) is 0 Å². The molecule has 0 fully saturated rings. The summed E-state index contributed by atoms with van der Waals surface area (Å²) in [5.74, 6) is 0. The molecule has 0 aromatic carbocycles. The normalized spacial score (nSPS) is 23.3. The fourth-order valence-corrected chi connectivity index (χ4v) is 3.29. The topological polar surface area (TPSA) is 3.24 Å². The number of likely N-dealkylation sites (N-methyl/N-ethyl adjacent to an activating group) is 1. The van der Waals surface area contributed by atoms with Crippen LogP contribution in [0.3, 0.4) is 0 Å². The summed E-state index contributed by atoms with van der Waals surface area (Å²) in [6, 6.07) is 6.15. The van der Waals surface area contributed by atoms with Gasteiger partial charge >= 0.3 is 0 Å². The van der Waals surface area contributed by atoms with Gasteiger partial charge in [0.25, 0.3) is 0 Å². The van der Waals surface area contributed by atoms with E-state index < -0.39 is 32.7 Å². The van der Waals surface area contributed by atoms with Crippen LogP contribution in [0.4, 0.5) is 0 Å². The van der Waals surface area contributed by atoms with Crippen molar-refractivity contribution in [1.82, 2.24) is 4.90 Å². The Kier molecular flexibility index (Phi) is 2.31. The summed E-state index contributed by atoms with van der Waals surface area (Å²) < 4.78 is 77.8. The van der Waals surface area contributed by atoms with E-state index in [9.17, 15) is 0 Å². The lowest BCUT2D eigenvalue weighted by molar-refractivity contribution is 0.268. The number of rotatable bonds is 6. The van der Waals surface area contributed by atoms with Crippen LogP contribution in [-0.2, 0) is 0 Å². The Morgan fingerprint density at radius 3 is 2.26 bits per heavy atom. The Morgan fingerprint density at radius 2 is 1.84 bits per heavy atom. The van der Waals surface area contributed by atoms with Crippen LogP contribution >= 0.6 is 22.7 Å². The summed E-state index contributed by atoms with van der Waals surface area (Å²) in [6.07, 6.45) is 1.52. The van der Waals surface area contributed by atoms with Crippen LogP contribution in [0.25, 0.3) is 5.57 Å². The lowest BCUT2D eigenvalue weighted by Gasteiger charge is -2.24. The van der Waals surface area contributed by atoms with Gasteiger partial charge in [-0.3, -0.25) is 4.90 Å². The highest BCUT2D eigenvalue weighted by Gasteiger charge is 2.12. The third kappa shape index (κ3) is 3.56. The van der Waals surface area contributed by atoms with E-state index >= 15 is 0 Å². The molecule has 0 spiro atoms. The Labute approximate surface area is 138 Å². The zero-order valence-electron chi connectivity index (χ0n) is 20.4. The van der Waals surface area contributed by atoms with Crippen molar-refractivity contribution in [2.24, 2.45) is 0 Å². The first kappa shape index (κ1) is 6.25. The Balaban J connectivity index is 2.65. The summed E-state index contributed by atoms with van der Waals surface area (Å²) in [4.78, 5) is 1.95. The van der Waals surface area contributed by atoms with Gasteiger partial charge in [-0.25, -0.2) is 0 Å². The molecule has 2 rings (SSSR count). The van der Waals surface area contributed by atoms with Crippen LogP contribution in [0.15, 0.2) is 41.1 Å². The second kappa shape index (κ2) is 7.04. The van der Waals surface area contributed by atoms with E-state index in [1.807, 2.05) is 35.0 Å². The first-order valence-corrected chi connectivity index (χ1v) is 7.45. The van der Waals surface area contributed by atoms with Gasteiger partial charge in [0.1, 0.15) is 0 Å². The van der Waals surface area contributed by atoms with Crippen molar-refractivity contribution >= 4 is 28.2 Å². The molecule has 2 heterocycles. The molecule has 1 atom stereocenters. The van der Waals surface area contributed by atoms with Gasteiger partial charge in [-0.2, -0.15) is 0 Å². The molecule has 2 aromatic rings. The minimum atomic E-state index is -3.26. The van der Waals surface area contributed by atoms with Crippen LogP contribution < -0.4 is 0 Å². The van der Waals surface area contributed by atoms with Crippen molar-refractivity contribution in [2.45, 2.75) is 26.7 Å². The van der Waals surface area contributed by atoms with Crippen molar-refractivity contribution in [2.75, 3.05) is 13.0 Å². The lowest BCUT2D eigenvalue weighted by Crippen LogP contribution is -2.31. The summed E-state index contributed by atoms with van der Waals surface area (Å²) in [7, 11) is 0. The molecular weight excluding hydrogens is 270 g/mol. The van der Waals surface area contributed by atoms with E-state index in [2.05, 4.69) is 0 Å². The van der Waals surface area contributed by atoms with Gasteiger partial charge in [-0.05, 0) is 42.8 Å². The maximum Gasteiger partial charge on any atom is 0.0428 e. The predicted octanol–water partition coefficient (Wildman–Crippen LogP) is 4.97. The monoisotopic (exact) mass is 301 g/mol. The van der Waals surface area contributed by atoms with Crippen molar-refractivity contribution in [1.29, 1.82) is 0 Å². The maximum atomic E-state index is 8.11. The fraction of sp³-hybridized carbons (Fsp3) is 0.375. The van der Waals surface area contributed by atoms with Gasteiger partial charge < -0.3 is 0 Å². The molecule has 0 aliphatic heterocycles. The quantitative estimate of drug-likeness (QED) is 0.728. The van der Waals surface area contributed by atoms with Gasteiger partial charge in [0, 0.05) is 35.1 Å². The van der Waals surface area contributed by atoms with E-state index in [-0.39, 0.29) is 0 Å². The zero-order chi connectivity index (χ0) is 22.3. The van der Waals surface area contributed by atoms with Gasteiger partial charge in [-0.1, -0.05) is 31.9 Å². The molecule has 3 heteroatoms. The standard InChI is InChI=1S/C16H21NS2/c1-4-17(5-2)13(3)12-14(15-8-6-10-18-15)16-9-7-11-19-16/h6-13H,4-5H2,1-3H3/i1D3,2D3,4D2,5D2. The summed E-state index contributed by atoms with van der Waals surface area (Å²) in [5, 5.41) is 3.70. The van der Waals surface area contributed by atoms with Gasteiger partial charge in [0.05, 0.1) is 0 Å². The van der Waals surface area contributed by atoms with Gasteiger partial charge in [0.2, 0.25) is 0 Å². The first-order chi connectivity index (χ1) is 13.1. The predicted molar refractivity (Wildman–Crippen MR) is 88.1 cm³/mol. The van der Waals surface area contributed by atoms with Crippen LogP contribution in [0.5, 0.6) is 0 Å². The SMILES string of the molecule is [2H]C([2H])([2H])C([2H])([2H])N(C(C)C=C(c1cccs1)c1cccs1)C([2H])([2H])C([2H])([2H])[2H]. The van der Waals surface area contributed by atoms with E-state index in [1.165, 1.54) is 35.7 Å². The molecule has 102 valence electrons. The molecule has 19 heavy (non-hydrogen) atoms. The zero-order valence-corrected chi connectivity index (χ0v) is 12.0. The minimum absolute atomic E-state index is 0.307. The van der Waals surface area contributed by atoms with E-state index in [1.54, 1.807) is 0 Å². The highest BCUT2D eigenvalue weighted by atomic mass is 32.1. The van der Waals surface area contributed by atoms with Crippen LogP contribution in [-0.4, -0.2) is 23.9 Å². The molecule has 0 radical (unpaired) electrons. The fourth-order valence-electron chi connectivity index (χ4n) is 1.70. The average Bonchev–Trinajstić information content (AvgIpc) is 3.24. The van der Waals surface area contributed by atoms with Crippen molar-refractivity contribution < 1.29 is 13.7 Å². The second-order valence-corrected chi connectivity index (χ2v) is 5.76. The Morgan fingerprint density at radius 1 is 1.26 bits per heavy atom. The summed E-state index contributed by atoms with van der Waals surface area (Å²) in [5.41, 5.74) is 0.662. The lowest BCUT2D eigenvalue weighted by atomic mass is 10.1. The number of hydrogen-bond acceptors (Lipinski definition) is 3. The second-order valence-electron chi connectivity index (χ2n) is 3.87. The number of hydrogen-bond donors (Lipinski definition) is 0. The molecule has 1 nitrogen and oxygen atoms in total. The summed E-state index contributed by atoms with van der Waals surface area (Å²) in [6.45, 7) is -11.6. The van der Waals surface area contributed by atoms with Crippen molar-refractivity contribution in [3.05, 3.63) is 50.9 Å². The number of nitrogens with zero attached hydrogens (tertiary/aromatic N) is 1. The molecule has 1 unspecified atom stereocenters. The summed E-state index contributed by atoms with van der Waals surface area (Å²) >= 11 is 2.84. The molecule has 2 aromatic heterocycles. The third-order valence-electron chi connectivity index (χ3n) is 2.63. The molecule has 0 aliphatic rings. The molecule has 0 bridgehead atoms. The number of thiophene rings is 2. The third-order valence-corrected chi connectivity index (χ3v) is 4.44. The van der Waals surface area contributed by atoms with E-state index in [0.29, 0.717) is 10.5 Å². The highest BCUT2D eigenvalue weighted by molar-refractivity contribution is 7.13. The molecular formula is C16H21NS2. The van der Waals surface area contributed by atoms with E-state index in [4.69, 9.17) is 13.7 Å². The van der Waals surface area contributed by atoms with Crippen molar-refractivity contribution in [3.63, 3.8) is 0 Å². The first-order valence-electron chi connectivity index (χ1n) is 10.7. The van der Waals surface area contributed by atoms with E-state index in [0.717, 1.165) is 9.75 Å². The molecule has 0 aliphatic carbocycles. The van der Waals surface area contributed by atoms with Crippen LogP contribution in [0, 0.1) is 0 Å². The Hall–Kier alpha value is -0.900. The van der Waals surface area contributed by atoms with Crippen molar-refractivity contribution in [3.8, 4) is 0 Å². The van der Waals surface area contributed by atoms with Crippen LogP contribution in [0.1, 0.15) is 44.1 Å². The molecule has 0 N–H and O–H groups in total. The largest absolute Gasteiger partial charge is 0.298 e. The molecule has 0 saturated carbocycles. The van der Waals surface area contributed by atoms with Gasteiger partial charge in [-0.15, -0.1) is 22.7 Å². The molecule has 0 saturated heterocycles. The molecule has 0 amide bonds. The smallest absolute Gasteiger partial charge is 0.0428 e. The maximum absolute atomic E-state index is 8.11. The Bertz CT molecular complexity index is 757. The van der Waals surface area contributed by atoms with Crippen LogP contribution in [0.2, 0.25) is 0 Å². The average molecular weight is 302 g/mol. The minimum Gasteiger partial charge on any atom is -0.298 e.